The summed E-state index contributed by atoms with van der Waals surface area (Å²) in [5.41, 5.74) is 1.15. The number of hydrogen-bond acceptors (Lipinski definition) is 7. The van der Waals surface area contributed by atoms with Crippen LogP contribution in [0.25, 0.3) is 5.76 Å². The maximum Gasteiger partial charge on any atom is 0.295 e. The molecule has 1 atom stereocenters. The van der Waals surface area contributed by atoms with Gasteiger partial charge in [0.2, 0.25) is 0 Å². The molecule has 8 nitrogen and oxygen atoms in total. The fourth-order valence-corrected chi connectivity index (χ4v) is 4.86. The van der Waals surface area contributed by atoms with Crippen molar-refractivity contribution in [2.45, 2.75) is 12.5 Å². The second kappa shape index (κ2) is 10.3. The Hall–Kier alpha value is -3.07. The van der Waals surface area contributed by atoms with E-state index >= 15 is 0 Å². The van der Waals surface area contributed by atoms with E-state index in [-0.39, 0.29) is 11.3 Å². The highest BCUT2D eigenvalue weighted by Gasteiger charge is 2.45. The average molecular weight is 499 g/mol. The molecule has 3 heterocycles. The van der Waals surface area contributed by atoms with E-state index in [0.29, 0.717) is 67.0 Å². The summed E-state index contributed by atoms with van der Waals surface area (Å²) in [7, 11) is 0. The number of carbonyl (C=O) groups excluding carboxylic acids is 2. The summed E-state index contributed by atoms with van der Waals surface area (Å²) in [4.78, 5) is 30.2. The first-order chi connectivity index (χ1) is 17.0. The van der Waals surface area contributed by atoms with Gasteiger partial charge in [-0.3, -0.25) is 14.5 Å². The van der Waals surface area contributed by atoms with Crippen LogP contribution < -0.4 is 9.47 Å². The lowest BCUT2D eigenvalue weighted by Gasteiger charge is -2.29. The van der Waals surface area contributed by atoms with Crippen molar-refractivity contribution in [3.63, 3.8) is 0 Å². The van der Waals surface area contributed by atoms with E-state index in [1.165, 1.54) is 0 Å². The van der Waals surface area contributed by atoms with Gasteiger partial charge in [-0.2, -0.15) is 0 Å². The fraction of sp³-hybridized carbons (Fsp3) is 0.385. The molecule has 3 aliphatic rings. The number of hydrogen-bond donors (Lipinski definition) is 1. The van der Waals surface area contributed by atoms with Gasteiger partial charge in [0, 0.05) is 36.8 Å². The maximum atomic E-state index is 13.2. The van der Waals surface area contributed by atoms with Gasteiger partial charge in [0.05, 0.1) is 24.8 Å². The molecule has 5 rings (SSSR count). The molecule has 1 N–H and O–H groups in total. The van der Waals surface area contributed by atoms with Gasteiger partial charge >= 0.3 is 0 Å². The van der Waals surface area contributed by atoms with Gasteiger partial charge in [-0.25, -0.2) is 0 Å². The summed E-state index contributed by atoms with van der Waals surface area (Å²) in [6.07, 6.45) is 0.696. The number of Topliss-reactive ketones (excluding diaryl/α,β-unsaturated/α-hetero) is 1. The maximum absolute atomic E-state index is 13.2. The quantitative estimate of drug-likeness (QED) is 0.371. The molecule has 0 bridgehead atoms. The van der Waals surface area contributed by atoms with E-state index < -0.39 is 17.7 Å². The number of morpholine rings is 1. The van der Waals surface area contributed by atoms with Crippen molar-refractivity contribution in [2.75, 3.05) is 52.6 Å². The Kier molecular flexibility index (Phi) is 6.95. The predicted molar refractivity (Wildman–Crippen MR) is 130 cm³/mol. The third kappa shape index (κ3) is 4.87. The van der Waals surface area contributed by atoms with E-state index in [9.17, 15) is 14.7 Å². The van der Waals surface area contributed by atoms with Crippen LogP contribution in [-0.2, 0) is 14.3 Å². The molecule has 3 aliphatic heterocycles. The molecule has 0 saturated carbocycles. The van der Waals surface area contributed by atoms with Crippen molar-refractivity contribution >= 4 is 29.1 Å². The molecule has 0 aliphatic carbocycles. The zero-order valence-corrected chi connectivity index (χ0v) is 20.0. The number of aliphatic hydroxyl groups excluding tert-OH is 1. The zero-order valence-electron chi connectivity index (χ0n) is 19.2. The number of rotatable bonds is 6. The number of halogens is 1. The molecule has 1 amide bonds. The van der Waals surface area contributed by atoms with Crippen LogP contribution in [-0.4, -0.2) is 79.2 Å². The minimum absolute atomic E-state index is 0.0559. The average Bonchev–Trinajstić information content (AvgIpc) is 3.14. The van der Waals surface area contributed by atoms with Crippen LogP contribution in [0, 0.1) is 0 Å². The first kappa shape index (κ1) is 23.7. The minimum atomic E-state index is -0.717. The first-order valence-electron chi connectivity index (χ1n) is 11.8. The van der Waals surface area contributed by atoms with Crippen LogP contribution in [0.1, 0.15) is 23.6 Å². The van der Waals surface area contributed by atoms with Gasteiger partial charge in [-0.15, -0.1) is 0 Å². The van der Waals surface area contributed by atoms with Crippen molar-refractivity contribution < 1.29 is 28.9 Å². The molecule has 2 saturated heterocycles. The second-order valence-electron chi connectivity index (χ2n) is 8.71. The lowest BCUT2D eigenvalue weighted by molar-refractivity contribution is -0.140. The van der Waals surface area contributed by atoms with Crippen molar-refractivity contribution in [3.05, 3.63) is 64.2 Å². The van der Waals surface area contributed by atoms with Crippen molar-refractivity contribution in [3.8, 4) is 11.5 Å². The largest absolute Gasteiger partial charge is 0.507 e. The SMILES string of the molecule is O=C1C(=O)N(CCCN2CCOCC2)C(c2ccc(Cl)cc2)/C1=C(/O)c1ccc2c(c1)OCCO2. The van der Waals surface area contributed by atoms with Gasteiger partial charge in [0.15, 0.2) is 11.5 Å². The van der Waals surface area contributed by atoms with Crippen LogP contribution in [0.15, 0.2) is 48.0 Å². The molecule has 0 aromatic heterocycles. The normalized spacial score (nSPS) is 22.0. The van der Waals surface area contributed by atoms with Crippen molar-refractivity contribution in [2.24, 2.45) is 0 Å². The Bertz CT molecular complexity index is 1140. The smallest absolute Gasteiger partial charge is 0.295 e. The lowest BCUT2D eigenvalue weighted by Crippen LogP contribution is -2.38. The summed E-state index contributed by atoms with van der Waals surface area (Å²) in [6, 6.07) is 11.3. The minimum Gasteiger partial charge on any atom is -0.507 e. The third-order valence-electron chi connectivity index (χ3n) is 6.52. The highest BCUT2D eigenvalue weighted by atomic mass is 35.5. The summed E-state index contributed by atoms with van der Waals surface area (Å²) < 4.78 is 16.6. The Labute approximate surface area is 208 Å². The molecule has 35 heavy (non-hydrogen) atoms. The van der Waals surface area contributed by atoms with E-state index in [1.54, 1.807) is 47.4 Å². The molecule has 2 aromatic rings. The Morgan fingerprint density at radius 2 is 1.66 bits per heavy atom. The lowest BCUT2D eigenvalue weighted by atomic mass is 9.95. The van der Waals surface area contributed by atoms with Crippen molar-refractivity contribution in [1.29, 1.82) is 0 Å². The third-order valence-corrected chi connectivity index (χ3v) is 6.77. The summed E-state index contributed by atoms with van der Waals surface area (Å²) in [5, 5.41) is 11.8. The molecule has 0 radical (unpaired) electrons. The number of amides is 1. The standard InChI is InChI=1S/C26H27ClN2O6/c27-19-5-2-17(3-6-19)23-22(24(30)18-4-7-20-21(16-18)35-15-14-34-20)25(31)26(32)29(23)9-1-8-28-10-12-33-13-11-28/h2-7,16,23,30H,1,8-15H2/b24-22-. The van der Waals surface area contributed by atoms with Gasteiger partial charge in [0.25, 0.3) is 11.7 Å². The topological polar surface area (TPSA) is 88.5 Å². The molecular weight excluding hydrogens is 472 g/mol. The van der Waals surface area contributed by atoms with Crippen LogP contribution in [0.3, 0.4) is 0 Å². The number of benzene rings is 2. The monoisotopic (exact) mass is 498 g/mol. The number of likely N-dealkylation sites (tertiary alicyclic amines) is 1. The van der Waals surface area contributed by atoms with E-state index in [0.717, 1.165) is 19.6 Å². The summed E-state index contributed by atoms with van der Waals surface area (Å²) >= 11 is 6.09. The van der Waals surface area contributed by atoms with Crippen LogP contribution >= 0.6 is 11.6 Å². The Morgan fingerprint density at radius 1 is 0.943 bits per heavy atom. The van der Waals surface area contributed by atoms with E-state index in [2.05, 4.69) is 4.90 Å². The molecular formula is C26H27ClN2O6. The molecule has 2 aromatic carbocycles. The Balaban J connectivity index is 1.48. The van der Waals surface area contributed by atoms with Gasteiger partial charge in [0.1, 0.15) is 19.0 Å². The number of nitrogens with zero attached hydrogens (tertiary/aromatic N) is 2. The first-order valence-corrected chi connectivity index (χ1v) is 12.1. The molecule has 2 fully saturated rings. The molecule has 9 heteroatoms. The summed E-state index contributed by atoms with van der Waals surface area (Å²) in [5.74, 6) is -0.501. The Morgan fingerprint density at radius 3 is 2.40 bits per heavy atom. The van der Waals surface area contributed by atoms with Crippen LogP contribution in [0.4, 0.5) is 0 Å². The number of ether oxygens (including phenoxy) is 3. The highest BCUT2D eigenvalue weighted by molar-refractivity contribution is 6.46. The van der Waals surface area contributed by atoms with Crippen LogP contribution in [0.2, 0.25) is 5.02 Å². The predicted octanol–water partition coefficient (Wildman–Crippen LogP) is 3.26. The van der Waals surface area contributed by atoms with Gasteiger partial charge in [-0.1, -0.05) is 23.7 Å². The second-order valence-corrected chi connectivity index (χ2v) is 9.15. The van der Waals surface area contributed by atoms with Crippen LogP contribution in [0.5, 0.6) is 11.5 Å². The zero-order chi connectivity index (χ0) is 24.4. The molecule has 1 unspecified atom stereocenters. The molecule has 184 valence electrons. The van der Waals surface area contributed by atoms with Gasteiger partial charge < -0.3 is 24.2 Å². The molecule has 0 spiro atoms. The highest BCUT2D eigenvalue weighted by Crippen LogP contribution is 2.41. The number of ketones is 1. The van der Waals surface area contributed by atoms with Gasteiger partial charge in [-0.05, 0) is 42.3 Å². The van der Waals surface area contributed by atoms with E-state index in [1.807, 2.05) is 0 Å². The van der Waals surface area contributed by atoms with Crippen molar-refractivity contribution in [1.82, 2.24) is 9.80 Å². The number of carbonyl (C=O) groups is 2. The number of aliphatic hydroxyl groups is 1. The number of fused-ring (bicyclic) bond motifs is 1. The van der Waals surface area contributed by atoms with E-state index in [4.69, 9.17) is 25.8 Å². The summed E-state index contributed by atoms with van der Waals surface area (Å²) in [6.45, 7) is 5.12. The fourth-order valence-electron chi connectivity index (χ4n) is 4.74.